The molecule has 0 aliphatic carbocycles. The zero-order chi connectivity index (χ0) is 13.5. The molecule has 4 rings (SSSR count). The summed E-state index contributed by atoms with van der Waals surface area (Å²) in [7, 11) is 0. The third-order valence-electron chi connectivity index (χ3n) is 3.53. The highest BCUT2D eigenvalue weighted by atomic mass is 16.4. The molecule has 0 amide bonds. The van der Waals surface area contributed by atoms with Crippen molar-refractivity contribution in [3.05, 3.63) is 71.2 Å². The summed E-state index contributed by atoms with van der Waals surface area (Å²) in [5.41, 5.74) is 3.25. The van der Waals surface area contributed by atoms with E-state index in [-0.39, 0.29) is 5.63 Å². The first-order valence-electron chi connectivity index (χ1n) is 6.42. The van der Waals surface area contributed by atoms with Gasteiger partial charge in [0, 0.05) is 39.7 Å². The van der Waals surface area contributed by atoms with E-state index in [4.69, 9.17) is 4.42 Å². The van der Waals surface area contributed by atoms with Gasteiger partial charge in [-0.3, -0.25) is 0 Å². The van der Waals surface area contributed by atoms with Gasteiger partial charge in [-0.05, 0) is 12.1 Å². The molecule has 0 spiro atoms. The monoisotopic (exact) mass is 261 g/mol. The number of H-pyrrole nitrogens is 1. The van der Waals surface area contributed by atoms with E-state index in [1.54, 1.807) is 6.07 Å². The van der Waals surface area contributed by atoms with E-state index in [0.717, 1.165) is 27.4 Å². The van der Waals surface area contributed by atoms with Crippen LogP contribution >= 0.6 is 0 Å². The number of para-hydroxylation sites is 2. The summed E-state index contributed by atoms with van der Waals surface area (Å²) in [6.45, 7) is 0. The van der Waals surface area contributed by atoms with Crippen molar-refractivity contribution in [2.75, 3.05) is 0 Å². The summed E-state index contributed by atoms with van der Waals surface area (Å²) in [6.07, 6.45) is 1.94. The number of hydrogen-bond acceptors (Lipinski definition) is 2. The number of fused-ring (bicyclic) bond motifs is 2. The smallest absolute Gasteiger partial charge is 0.336 e. The lowest BCUT2D eigenvalue weighted by Gasteiger charge is -2.04. The van der Waals surface area contributed by atoms with Gasteiger partial charge in [0.05, 0.1) is 0 Å². The molecule has 0 aliphatic heterocycles. The van der Waals surface area contributed by atoms with Crippen LogP contribution in [0.1, 0.15) is 0 Å². The van der Waals surface area contributed by atoms with E-state index in [1.165, 1.54) is 0 Å². The predicted molar refractivity (Wildman–Crippen MR) is 79.8 cm³/mol. The van der Waals surface area contributed by atoms with Crippen molar-refractivity contribution in [2.24, 2.45) is 0 Å². The van der Waals surface area contributed by atoms with E-state index in [9.17, 15) is 4.79 Å². The summed E-state index contributed by atoms with van der Waals surface area (Å²) in [4.78, 5) is 15.0. The zero-order valence-corrected chi connectivity index (χ0v) is 10.6. The van der Waals surface area contributed by atoms with Gasteiger partial charge in [0.1, 0.15) is 5.58 Å². The number of rotatable bonds is 1. The first-order valence-corrected chi connectivity index (χ1v) is 6.42. The van der Waals surface area contributed by atoms with Crippen molar-refractivity contribution in [3.8, 4) is 11.1 Å². The Balaban J connectivity index is 2.15. The molecule has 96 valence electrons. The molecule has 0 radical (unpaired) electrons. The quantitative estimate of drug-likeness (QED) is 0.527. The van der Waals surface area contributed by atoms with Crippen molar-refractivity contribution in [1.29, 1.82) is 0 Å². The molecule has 0 bridgehead atoms. The lowest BCUT2D eigenvalue weighted by Crippen LogP contribution is -1.97. The maximum Gasteiger partial charge on any atom is 0.336 e. The molecule has 2 heterocycles. The molecule has 1 N–H and O–H groups in total. The summed E-state index contributed by atoms with van der Waals surface area (Å²) in [5.74, 6) is 0. The van der Waals surface area contributed by atoms with E-state index in [2.05, 4.69) is 4.98 Å². The van der Waals surface area contributed by atoms with Crippen LogP contribution in [0.4, 0.5) is 0 Å². The molecule has 2 aromatic heterocycles. The lowest BCUT2D eigenvalue weighted by atomic mass is 10.0. The molecular formula is C17H11NO2. The maximum absolute atomic E-state index is 11.8. The minimum Gasteiger partial charge on any atom is -0.423 e. The average Bonchev–Trinajstić information content (AvgIpc) is 2.90. The molecule has 20 heavy (non-hydrogen) atoms. The topological polar surface area (TPSA) is 46.0 Å². The summed E-state index contributed by atoms with van der Waals surface area (Å²) in [6, 6.07) is 17.2. The Morgan fingerprint density at radius 2 is 1.60 bits per heavy atom. The van der Waals surface area contributed by atoms with Crippen molar-refractivity contribution in [2.45, 2.75) is 0 Å². The molecule has 0 aliphatic rings. The fraction of sp³-hybridized carbons (Fsp3) is 0. The highest BCUT2D eigenvalue weighted by Gasteiger charge is 2.11. The van der Waals surface area contributed by atoms with Crippen LogP contribution in [0.5, 0.6) is 0 Å². The van der Waals surface area contributed by atoms with Crippen molar-refractivity contribution in [3.63, 3.8) is 0 Å². The average molecular weight is 261 g/mol. The van der Waals surface area contributed by atoms with Gasteiger partial charge in [-0.2, -0.15) is 0 Å². The number of nitrogens with one attached hydrogen (secondary N) is 1. The van der Waals surface area contributed by atoms with Crippen molar-refractivity contribution in [1.82, 2.24) is 4.98 Å². The van der Waals surface area contributed by atoms with Crippen LogP contribution in [0.15, 0.2) is 70.0 Å². The fourth-order valence-corrected chi connectivity index (χ4v) is 2.63. The van der Waals surface area contributed by atoms with E-state index >= 15 is 0 Å². The maximum atomic E-state index is 11.8. The summed E-state index contributed by atoms with van der Waals surface area (Å²) < 4.78 is 5.25. The van der Waals surface area contributed by atoms with E-state index in [0.29, 0.717) is 5.58 Å². The van der Waals surface area contributed by atoms with E-state index in [1.807, 2.05) is 54.7 Å². The van der Waals surface area contributed by atoms with Crippen molar-refractivity contribution >= 4 is 21.9 Å². The summed E-state index contributed by atoms with van der Waals surface area (Å²) in [5, 5.41) is 2.04. The number of benzene rings is 2. The predicted octanol–water partition coefficient (Wildman–Crippen LogP) is 3.94. The molecule has 2 aromatic carbocycles. The SMILES string of the molecule is O=c1cc(-c2c[nH]c3ccccc23)c2ccccc2o1. The van der Waals surface area contributed by atoms with Crippen LogP contribution in [0, 0.1) is 0 Å². The normalized spacial score (nSPS) is 11.2. The van der Waals surface area contributed by atoms with Crippen LogP contribution in [0.25, 0.3) is 33.0 Å². The molecule has 0 saturated carbocycles. The number of aromatic amines is 1. The highest BCUT2D eigenvalue weighted by molar-refractivity contribution is 6.03. The Bertz CT molecular complexity index is 979. The first kappa shape index (κ1) is 11.1. The second kappa shape index (κ2) is 4.10. The standard InChI is InChI=1S/C17H11NO2/c19-17-9-13(12-6-2-4-8-16(12)20-17)14-10-18-15-7-3-1-5-11(14)15/h1-10,18H. The third-order valence-corrected chi connectivity index (χ3v) is 3.53. The Labute approximate surface area is 114 Å². The third kappa shape index (κ3) is 1.57. The molecule has 0 fully saturated rings. The van der Waals surface area contributed by atoms with E-state index < -0.39 is 0 Å². The second-order valence-corrected chi connectivity index (χ2v) is 4.72. The number of aromatic nitrogens is 1. The Kier molecular flexibility index (Phi) is 2.27. The van der Waals surface area contributed by atoms with Gasteiger partial charge in [0.15, 0.2) is 0 Å². The molecule has 4 aromatic rings. The van der Waals surface area contributed by atoms with Crippen LogP contribution in [-0.2, 0) is 0 Å². The van der Waals surface area contributed by atoms with Gasteiger partial charge in [0.2, 0.25) is 0 Å². The molecule has 3 nitrogen and oxygen atoms in total. The van der Waals surface area contributed by atoms with Gasteiger partial charge in [0.25, 0.3) is 0 Å². The van der Waals surface area contributed by atoms with Crippen LogP contribution in [-0.4, -0.2) is 4.98 Å². The Hall–Kier alpha value is -2.81. The molecule has 3 heteroatoms. The largest absolute Gasteiger partial charge is 0.423 e. The molecular weight excluding hydrogens is 250 g/mol. The van der Waals surface area contributed by atoms with Gasteiger partial charge in [-0.1, -0.05) is 36.4 Å². The van der Waals surface area contributed by atoms with Crippen LogP contribution in [0.2, 0.25) is 0 Å². The van der Waals surface area contributed by atoms with Crippen LogP contribution < -0.4 is 5.63 Å². The fourth-order valence-electron chi connectivity index (χ4n) is 2.63. The molecule has 0 saturated heterocycles. The van der Waals surface area contributed by atoms with Crippen LogP contribution in [0.3, 0.4) is 0 Å². The number of hydrogen-bond donors (Lipinski definition) is 1. The van der Waals surface area contributed by atoms with Gasteiger partial charge < -0.3 is 9.40 Å². The second-order valence-electron chi connectivity index (χ2n) is 4.72. The minimum absolute atomic E-state index is 0.330. The Morgan fingerprint density at radius 1 is 0.850 bits per heavy atom. The molecule has 0 unspecified atom stereocenters. The lowest BCUT2D eigenvalue weighted by molar-refractivity contribution is 0.561. The van der Waals surface area contributed by atoms with Crippen molar-refractivity contribution < 1.29 is 4.42 Å². The minimum atomic E-state index is -0.330. The summed E-state index contributed by atoms with van der Waals surface area (Å²) >= 11 is 0. The van der Waals surface area contributed by atoms with Gasteiger partial charge in [-0.25, -0.2) is 4.79 Å². The Morgan fingerprint density at radius 3 is 2.50 bits per heavy atom. The highest BCUT2D eigenvalue weighted by Crippen LogP contribution is 2.32. The van der Waals surface area contributed by atoms with Gasteiger partial charge >= 0.3 is 5.63 Å². The first-order chi connectivity index (χ1) is 9.83. The molecule has 0 atom stereocenters. The zero-order valence-electron chi connectivity index (χ0n) is 10.6. The van der Waals surface area contributed by atoms with Gasteiger partial charge in [-0.15, -0.1) is 0 Å².